The molecule has 0 amide bonds. The quantitative estimate of drug-likeness (QED) is 0.443. The van der Waals surface area contributed by atoms with Gasteiger partial charge < -0.3 is 9.72 Å². The van der Waals surface area contributed by atoms with Gasteiger partial charge in [0.2, 0.25) is 5.88 Å². The molecule has 0 atom stereocenters. The first kappa shape index (κ1) is 12.2. The first-order valence-electron chi connectivity index (χ1n) is 8.04. The maximum atomic E-state index is 6.15. The SMILES string of the molecule is c1ccc2c3c(ccc2c1)Oc1nc2c4cc[nH]c4ccn2c1C3. The minimum Gasteiger partial charge on any atom is -0.437 e. The predicted molar refractivity (Wildman–Crippen MR) is 93.9 cm³/mol. The van der Waals surface area contributed by atoms with Crippen molar-refractivity contribution in [2.75, 3.05) is 0 Å². The molecule has 0 spiro atoms. The number of nitrogens with one attached hydrogen (secondary N) is 1. The van der Waals surface area contributed by atoms with Crippen LogP contribution < -0.4 is 4.74 Å². The second-order valence-electron chi connectivity index (χ2n) is 6.22. The fourth-order valence-corrected chi connectivity index (χ4v) is 3.77. The van der Waals surface area contributed by atoms with Crippen molar-refractivity contribution >= 4 is 27.3 Å². The average molecular weight is 311 g/mol. The lowest BCUT2D eigenvalue weighted by molar-refractivity contribution is 0.444. The summed E-state index contributed by atoms with van der Waals surface area (Å²) in [5.74, 6) is 1.63. The highest BCUT2D eigenvalue weighted by molar-refractivity contribution is 5.93. The third kappa shape index (κ3) is 1.45. The summed E-state index contributed by atoms with van der Waals surface area (Å²) in [5.41, 5.74) is 4.37. The average Bonchev–Trinajstić information content (AvgIpc) is 3.23. The van der Waals surface area contributed by atoms with Crippen LogP contribution in [-0.4, -0.2) is 14.4 Å². The fourth-order valence-electron chi connectivity index (χ4n) is 3.77. The third-order valence-electron chi connectivity index (χ3n) is 4.93. The van der Waals surface area contributed by atoms with Gasteiger partial charge in [-0.1, -0.05) is 30.3 Å². The van der Waals surface area contributed by atoms with Crippen molar-refractivity contribution in [1.29, 1.82) is 0 Å². The van der Waals surface area contributed by atoms with Crippen LogP contribution in [0.1, 0.15) is 11.3 Å². The molecule has 4 heteroatoms. The van der Waals surface area contributed by atoms with Crippen LogP contribution >= 0.6 is 0 Å². The van der Waals surface area contributed by atoms with Crippen LogP contribution in [0.5, 0.6) is 11.6 Å². The normalized spacial score (nSPS) is 13.2. The van der Waals surface area contributed by atoms with Gasteiger partial charge in [0, 0.05) is 29.8 Å². The van der Waals surface area contributed by atoms with E-state index in [9.17, 15) is 0 Å². The molecule has 0 saturated carbocycles. The smallest absolute Gasteiger partial charge is 0.241 e. The molecule has 0 bridgehead atoms. The minimum atomic E-state index is 0.714. The van der Waals surface area contributed by atoms with Crippen LogP contribution in [0, 0.1) is 0 Å². The number of hydrogen-bond acceptors (Lipinski definition) is 2. The van der Waals surface area contributed by atoms with Gasteiger partial charge in [0.05, 0.1) is 11.2 Å². The minimum absolute atomic E-state index is 0.714. The van der Waals surface area contributed by atoms with E-state index >= 15 is 0 Å². The van der Waals surface area contributed by atoms with E-state index in [2.05, 4.69) is 64.1 Å². The summed E-state index contributed by atoms with van der Waals surface area (Å²) in [6.45, 7) is 0. The summed E-state index contributed by atoms with van der Waals surface area (Å²) in [4.78, 5) is 7.99. The zero-order chi connectivity index (χ0) is 15.7. The molecule has 3 aromatic heterocycles. The Balaban J connectivity index is 1.66. The lowest BCUT2D eigenvalue weighted by Gasteiger charge is -2.18. The molecule has 24 heavy (non-hydrogen) atoms. The number of imidazole rings is 1. The summed E-state index contributed by atoms with van der Waals surface area (Å²) in [7, 11) is 0. The number of pyridine rings is 1. The van der Waals surface area contributed by atoms with Gasteiger partial charge >= 0.3 is 0 Å². The highest BCUT2D eigenvalue weighted by atomic mass is 16.5. The third-order valence-corrected chi connectivity index (χ3v) is 4.93. The molecule has 5 aromatic rings. The summed E-state index contributed by atoms with van der Waals surface area (Å²) in [6.07, 6.45) is 4.84. The van der Waals surface area contributed by atoms with Crippen LogP contribution in [0.25, 0.3) is 27.3 Å². The van der Waals surface area contributed by atoms with E-state index in [0.29, 0.717) is 5.88 Å². The summed E-state index contributed by atoms with van der Waals surface area (Å²) in [6, 6.07) is 16.8. The van der Waals surface area contributed by atoms with Crippen molar-refractivity contribution in [2.24, 2.45) is 0 Å². The molecule has 0 unspecified atom stereocenters. The number of H-pyrrole nitrogens is 1. The Morgan fingerprint density at radius 3 is 2.96 bits per heavy atom. The van der Waals surface area contributed by atoms with Crippen molar-refractivity contribution in [3.8, 4) is 11.6 Å². The number of aromatic nitrogens is 3. The van der Waals surface area contributed by atoms with E-state index < -0.39 is 0 Å². The Labute approximate surface area is 137 Å². The molecule has 1 aliphatic rings. The van der Waals surface area contributed by atoms with Crippen molar-refractivity contribution in [1.82, 2.24) is 14.4 Å². The van der Waals surface area contributed by atoms with E-state index in [0.717, 1.165) is 34.4 Å². The first-order valence-corrected chi connectivity index (χ1v) is 8.04. The molecular weight excluding hydrogens is 298 g/mol. The molecule has 6 rings (SSSR count). The summed E-state index contributed by atoms with van der Waals surface area (Å²) >= 11 is 0. The molecule has 1 aliphatic heterocycles. The Bertz CT molecular complexity index is 1260. The van der Waals surface area contributed by atoms with Gasteiger partial charge in [-0.05, 0) is 29.0 Å². The zero-order valence-corrected chi connectivity index (χ0v) is 12.8. The Hall–Kier alpha value is -3.27. The van der Waals surface area contributed by atoms with Crippen molar-refractivity contribution in [3.05, 3.63) is 72.2 Å². The van der Waals surface area contributed by atoms with Crippen molar-refractivity contribution in [3.63, 3.8) is 0 Å². The van der Waals surface area contributed by atoms with Gasteiger partial charge in [0.25, 0.3) is 0 Å². The lowest BCUT2D eigenvalue weighted by Crippen LogP contribution is -2.05. The van der Waals surface area contributed by atoms with Crippen LogP contribution in [-0.2, 0) is 6.42 Å². The van der Waals surface area contributed by atoms with Gasteiger partial charge in [-0.3, -0.25) is 4.40 Å². The molecule has 0 radical (unpaired) electrons. The monoisotopic (exact) mass is 311 g/mol. The molecule has 0 fully saturated rings. The van der Waals surface area contributed by atoms with Crippen LogP contribution in [0.4, 0.5) is 0 Å². The number of benzene rings is 2. The standard InChI is InChI=1S/C20H13N3O/c1-2-4-13-12(3-1)5-6-18-15(13)11-17-20(24-18)22-19-14-7-9-21-16(14)8-10-23(17)19/h1-10,21H,11H2. The molecule has 0 aliphatic carbocycles. The Morgan fingerprint density at radius 1 is 1.00 bits per heavy atom. The van der Waals surface area contributed by atoms with Gasteiger partial charge in [-0.15, -0.1) is 0 Å². The van der Waals surface area contributed by atoms with E-state index in [1.165, 1.54) is 16.3 Å². The maximum absolute atomic E-state index is 6.15. The number of nitrogens with zero attached hydrogens (tertiary/aromatic N) is 2. The Morgan fingerprint density at radius 2 is 1.96 bits per heavy atom. The number of rotatable bonds is 0. The van der Waals surface area contributed by atoms with Crippen LogP contribution in [0.3, 0.4) is 0 Å². The number of hydrogen-bond donors (Lipinski definition) is 1. The van der Waals surface area contributed by atoms with Crippen molar-refractivity contribution < 1.29 is 4.74 Å². The summed E-state index contributed by atoms with van der Waals surface area (Å²) in [5, 5.41) is 3.60. The molecule has 2 aromatic carbocycles. The molecular formula is C20H13N3O. The van der Waals surface area contributed by atoms with E-state index in [1.54, 1.807) is 0 Å². The lowest BCUT2D eigenvalue weighted by atomic mass is 9.98. The van der Waals surface area contributed by atoms with Gasteiger partial charge in [0.15, 0.2) is 5.65 Å². The second kappa shape index (κ2) is 4.17. The molecule has 1 N–H and O–H groups in total. The molecule has 4 nitrogen and oxygen atoms in total. The first-order chi connectivity index (χ1) is 11.9. The van der Waals surface area contributed by atoms with Gasteiger partial charge in [-0.25, -0.2) is 0 Å². The molecule has 0 saturated heterocycles. The van der Waals surface area contributed by atoms with Crippen LogP contribution in [0.15, 0.2) is 60.9 Å². The summed E-state index contributed by atoms with van der Waals surface area (Å²) < 4.78 is 8.30. The zero-order valence-electron chi connectivity index (χ0n) is 12.8. The maximum Gasteiger partial charge on any atom is 0.241 e. The second-order valence-corrected chi connectivity index (χ2v) is 6.22. The number of fused-ring (bicyclic) bond motifs is 8. The largest absolute Gasteiger partial charge is 0.437 e. The van der Waals surface area contributed by atoms with E-state index in [4.69, 9.17) is 9.72 Å². The van der Waals surface area contributed by atoms with Crippen LogP contribution in [0.2, 0.25) is 0 Å². The van der Waals surface area contributed by atoms with Crippen molar-refractivity contribution in [2.45, 2.75) is 6.42 Å². The Kier molecular flexibility index (Phi) is 2.12. The molecule has 114 valence electrons. The van der Waals surface area contributed by atoms with Gasteiger partial charge in [0.1, 0.15) is 5.75 Å². The van der Waals surface area contributed by atoms with E-state index in [-0.39, 0.29) is 0 Å². The highest BCUT2D eigenvalue weighted by Crippen LogP contribution is 2.40. The van der Waals surface area contributed by atoms with E-state index in [1.807, 2.05) is 6.20 Å². The number of aromatic amines is 1. The fraction of sp³-hybridized carbons (Fsp3) is 0.0500. The predicted octanol–water partition coefficient (Wildman–Crippen LogP) is 4.67. The highest BCUT2D eigenvalue weighted by Gasteiger charge is 2.24. The topological polar surface area (TPSA) is 42.3 Å². The van der Waals surface area contributed by atoms with Gasteiger partial charge in [-0.2, -0.15) is 4.98 Å². The number of ether oxygens (including phenoxy) is 1. The molecule has 4 heterocycles.